The van der Waals surface area contributed by atoms with E-state index in [9.17, 15) is 4.79 Å². The average molecular weight is 212 g/mol. The van der Waals surface area contributed by atoms with E-state index in [0.717, 1.165) is 25.9 Å². The summed E-state index contributed by atoms with van der Waals surface area (Å²) in [5.41, 5.74) is 0. The summed E-state index contributed by atoms with van der Waals surface area (Å²) in [6, 6.07) is 0.448. The van der Waals surface area contributed by atoms with Gasteiger partial charge in [0, 0.05) is 19.1 Å². The van der Waals surface area contributed by atoms with E-state index < -0.39 is 0 Å². The molecule has 1 aliphatic heterocycles. The van der Waals surface area contributed by atoms with Crippen LogP contribution in [0.4, 0.5) is 0 Å². The molecule has 0 aromatic carbocycles. The second kappa shape index (κ2) is 6.11. The van der Waals surface area contributed by atoms with Crippen LogP contribution in [0.3, 0.4) is 0 Å². The van der Waals surface area contributed by atoms with E-state index in [2.05, 4.69) is 19.2 Å². The highest BCUT2D eigenvalue weighted by Gasteiger charge is 2.25. The second-order valence-corrected chi connectivity index (χ2v) is 4.61. The molecule has 1 saturated heterocycles. The predicted molar refractivity (Wildman–Crippen MR) is 62.8 cm³/mol. The summed E-state index contributed by atoms with van der Waals surface area (Å²) >= 11 is 0. The normalized spacial score (nSPS) is 27.9. The maximum absolute atomic E-state index is 11.9. The largest absolute Gasteiger partial charge is 0.341 e. The Hall–Kier alpha value is -0.570. The Balaban J connectivity index is 2.44. The molecule has 0 aromatic rings. The molecule has 0 spiro atoms. The molecule has 88 valence electrons. The molecule has 0 aliphatic carbocycles. The predicted octanol–water partition coefficient (Wildman–Crippen LogP) is 1.78. The highest BCUT2D eigenvalue weighted by atomic mass is 16.2. The van der Waals surface area contributed by atoms with Crippen molar-refractivity contribution >= 4 is 5.91 Å². The Kier molecular flexibility index (Phi) is 5.09. The number of hydrogen-bond donors (Lipinski definition) is 1. The summed E-state index contributed by atoms with van der Waals surface area (Å²) in [5, 5.41) is 3.32. The van der Waals surface area contributed by atoms with Crippen LogP contribution in [0.5, 0.6) is 0 Å². The first-order valence-corrected chi connectivity index (χ1v) is 6.20. The van der Waals surface area contributed by atoms with E-state index in [-0.39, 0.29) is 11.9 Å². The van der Waals surface area contributed by atoms with Gasteiger partial charge in [0.2, 0.25) is 5.91 Å². The zero-order chi connectivity index (χ0) is 11.3. The molecule has 15 heavy (non-hydrogen) atoms. The fourth-order valence-corrected chi connectivity index (χ4v) is 2.09. The molecule has 1 rings (SSSR count). The smallest absolute Gasteiger partial charge is 0.239 e. The van der Waals surface area contributed by atoms with Crippen LogP contribution < -0.4 is 5.32 Å². The third kappa shape index (κ3) is 3.82. The SMILES string of the molecule is CCCCCN1CCC(C)NC(C)C1=O. The first kappa shape index (κ1) is 12.5. The minimum absolute atomic E-state index is 0.0101. The Morgan fingerprint density at radius 2 is 2.13 bits per heavy atom. The number of carbonyl (C=O) groups excluding carboxylic acids is 1. The monoisotopic (exact) mass is 212 g/mol. The lowest BCUT2D eigenvalue weighted by atomic mass is 10.2. The lowest BCUT2D eigenvalue weighted by molar-refractivity contribution is -0.132. The highest BCUT2D eigenvalue weighted by molar-refractivity contribution is 5.81. The van der Waals surface area contributed by atoms with E-state index >= 15 is 0 Å². The van der Waals surface area contributed by atoms with Crippen LogP contribution in [-0.4, -0.2) is 36.0 Å². The van der Waals surface area contributed by atoms with Gasteiger partial charge in [0.15, 0.2) is 0 Å². The van der Waals surface area contributed by atoms with E-state index in [1.807, 2.05) is 11.8 Å². The van der Waals surface area contributed by atoms with E-state index in [1.165, 1.54) is 12.8 Å². The third-order valence-electron chi connectivity index (χ3n) is 3.08. The molecule has 0 bridgehead atoms. The van der Waals surface area contributed by atoms with E-state index in [0.29, 0.717) is 6.04 Å². The zero-order valence-corrected chi connectivity index (χ0v) is 10.3. The fraction of sp³-hybridized carbons (Fsp3) is 0.917. The summed E-state index contributed by atoms with van der Waals surface area (Å²) in [7, 11) is 0. The first-order chi connectivity index (χ1) is 7.15. The van der Waals surface area contributed by atoms with E-state index in [4.69, 9.17) is 0 Å². The summed E-state index contributed by atoms with van der Waals surface area (Å²) in [4.78, 5) is 14.0. The molecule has 1 N–H and O–H groups in total. The maximum atomic E-state index is 11.9. The standard InChI is InChI=1S/C12H24N2O/c1-4-5-6-8-14-9-7-10(2)13-11(3)12(14)15/h10-11,13H,4-9H2,1-3H3. The summed E-state index contributed by atoms with van der Waals surface area (Å²) < 4.78 is 0. The minimum Gasteiger partial charge on any atom is -0.341 e. The Morgan fingerprint density at radius 1 is 1.40 bits per heavy atom. The van der Waals surface area contributed by atoms with Crippen LogP contribution in [0.15, 0.2) is 0 Å². The number of unbranched alkanes of at least 4 members (excludes halogenated alkanes) is 2. The van der Waals surface area contributed by atoms with Crippen LogP contribution in [0.25, 0.3) is 0 Å². The number of carbonyl (C=O) groups is 1. The van der Waals surface area contributed by atoms with Crippen molar-refractivity contribution in [2.45, 2.75) is 58.5 Å². The van der Waals surface area contributed by atoms with Crippen molar-refractivity contribution < 1.29 is 4.79 Å². The van der Waals surface area contributed by atoms with E-state index in [1.54, 1.807) is 0 Å². The van der Waals surface area contributed by atoms with Crippen molar-refractivity contribution in [1.29, 1.82) is 0 Å². The topological polar surface area (TPSA) is 32.3 Å². The number of rotatable bonds is 4. The summed E-state index contributed by atoms with van der Waals surface area (Å²) in [5.74, 6) is 0.274. The molecule has 1 amide bonds. The first-order valence-electron chi connectivity index (χ1n) is 6.20. The van der Waals surface area contributed by atoms with Crippen LogP contribution in [0, 0.1) is 0 Å². The number of hydrogen-bond acceptors (Lipinski definition) is 2. The minimum atomic E-state index is -0.0101. The van der Waals surface area contributed by atoms with Crippen LogP contribution in [0.1, 0.15) is 46.5 Å². The molecular weight excluding hydrogens is 188 g/mol. The Bertz CT molecular complexity index is 206. The fourth-order valence-electron chi connectivity index (χ4n) is 2.09. The molecule has 3 nitrogen and oxygen atoms in total. The molecule has 2 unspecified atom stereocenters. The zero-order valence-electron chi connectivity index (χ0n) is 10.3. The molecule has 0 aromatic heterocycles. The molecule has 0 radical (unpaired) electrons. The van der Waals surface area contributed by atoms with Gasteiger partial charge in [-0.15, -0.1) is 0 Å². The van der Waals surface area contributed by atoms with Crippen LogP contribution >= 0.6 is 0 Å². The number of nitrogens with one attached hydrogen (secondary N) is 1. The van der Waals surface area contributed by atoms with Gasteiger partial charge >= 0.3 is 0 Å². The van der Waals surface area contributed by atoms with Gasteiger partial charge in [-0.2, -0.15) is 0 Å². The number of amides is 1. The van der Waals surface area contributed by atoms with Crippen molar-refractivity contribution in [3.05, 3.63) is 0 Å². The van der Waals surface area contributed by atoms with Crippen molar-refractivity contribution in [3.63, 3.8) is 0 Å². The number of nitrogens with zero attached hydrogens (tertiary/aromatic N) is 1. The van der Waals surface area contributed by atoms with Gasteiger partial charge in [0.05, 0.1) is 6.04 Å². The second-order valence-electron chi connectivity index (χ2n) is 4.61. The van der Waals surface area contributed by atoms with Gasteiger partial charge in [-0.25, -0.2) is 0 Å². The molecule has 1 fully saturated rings. The van der Waals surface area contributed by atoms with Crippen molar-refractivity contribution in [2.24, 2.45) is 0 Å². The van der Waals surface area contributed by atoms with Gasteiger partial charge < -0.3 is 10.2 Å². The third-order valence-corrected chi connectivity index (χ3v) is 3.08. The molecule has 1 heterocycles. The molecule has 1 aliphatic rings. The summed E-state index contributed by atoms with van der Waals surface area (Å²) in [6.45, 7) is 8.17. The average Bonchev–Trinajstić information content (AvgIpc) is 2.31. The maximum Gasteiger partial charge on any atom is 0.239 e. The van der Waals surface area contributed by atoms with Gasteiger partial charge in [-0.05, 0) is 26.7 Å². The quantitative estimate of drug-likeness (QED) is 0.720. The van der Waals surface area contributed by atoms with Gasteiger partial charge in [0.1, 0.15) is 0 Å². The molecule has 3 heteroatoms. The Morgan fingerprint density at radius 3 is 2.80 bits per heavy atom. The molecule has 0 saturated carbocycles. The Labute approximate surface area is 93.2 Å². The van der Waals surface area contributed by atoms with Crippen molar-refractivity contribution in [2.75, 3.05) is 13.1 Å². The van der Waals surface area contributed by atoms with Crippen molar-refractivity contribution in [1.82, 2.24) is 10.2 Å². The van der Waals surface area contributed by atoms with Gasteiger partial charge in [0.25, 0.3) is 0 Å². The highest BCUT2D eigenvalue weighted by Crippen LogP contribution is 2.08. The van der Waals surface area contributed by atoms with Gasteiger partial charge in [-0.1, -0.05) is 19.8 Å². The molecule has 2 atom stereocenters. The lowest BCUT2D eigenvalue weighted by Gasteiger charge is -2.22. The van der Waals surface area contributed by atoms with Gasteiger partial charge in [-0.3, -0.25) is 4.79 Å². The lowest BCUT2D eigenvalue weighted by Crippen LogP contribution is -2.43. The van der Waals surface area contributed by atoms with Crippen LogP contribution in [-0.2, 0) is 4.79 Å². The summed E-state index contributed by atoms with van der Waals surface area (Å²) in [6.07, 6.45) is 4.65. The van der Waals surface area contributed by atoms with Crippen LogP contribution in [0.2, 0.25) is 0 Å². The molecular formula is C12H24N2O. The van der Waals surface area contributed by atoms with Crippen molar-refractivity contribution in [3.8, 4) is 0 Å².